The third kappa shape index (κ3) is 9.51. The molecular formula is C37H41ClF4N6O5. The van der Waals surface area contributed by atoms with E-state index < -0.39 is 35.6 Å². The minimum absolute atomic E-state index is 0. The Balaban J connectivity index is 0.00000627. The summed E-state index contributed by atoms with van der Waals surface area (Å²) < 4.78 is 61.6. The molecule has 3 aromatic carbocycles. The minimum atomic E-state index is -5.44. The number of H-pyrrole nitrogens is 1. The van der Waals surface area contributed by atoms with Crippen molar-refractivity contribution in [1.29, 1.82) is 0 Å². The molecule has 1 aliphatic carbocycles. The van der Waals surface area contributed by atoms with Gasteiger partial charge in [-0.25, -0.2) is 9.78 Å². The molecule has 284 valence electrons. The lowest BCUT2D eigenvalue weighted by Crippen LogP contribution is -2.48. The highest BCUT2D eigenvalue weighted by molar-refractivity contribution is 5.97. The first-order valence-electron chi connectivity index (χ1n) is 16.9. The number of anilines is 1. The smallest absolute Gasteiger partial charge is 0.411 e. The van der Waals surface area contributed by atoms with Crippen LogP contribution in [0, 0.1) is 11.8 Å². The predicted octanol–water partition coefficient (Wildman–Crippen LogP) is 6.59. The average Bonchev–Trinajstić information content (AvgIpc) is 3.63. The summed E-state index contributed by atoms with van der Waals surface area (Å²) in [4.78, 5) is 41.2. The van der Waals surface area contributed by atoms with E-state index >= 15 is 0 Å². The van der Waals surface area contributed by atoms with Crippen molar-refractivity contribution in [3.05, 3.63) is 84.2 Å². The van der Waals surface area contributed by atoms with Gasteiger partial charge in [0.1, 0.15) is 11.8 Å². The van der Waals surface area contributed by atoms with E-state index in [-0.39, 0.29) is 53.8 Å². The maximum atomic E-state index is 14.2. The molecule has 0 spiro atoms. The number of amides is 2. The number of carbonyl (C=O) groups is 3. The van der Waals surface area contributed by atoms with Crippen LogP contribution in [0.3, 0.4) is 0 Å². The number of benzene rings is 3. The Hall–Kier alpha value is -5.02. The first-order chi connectivity index (χ1) is 24.7. The van der Waals surface area contributed by atoms with Crippen LogP contribution >= 0.6 is 12.4 Å². The number of para-hydroxylation sites is 1. The number of carboxylic acid groups (broad SMARTS) is 1. The van der Waals surface area contributed by atoms with E-state index in [1.165, 1.54) is 24.3 Å². The van der Waals surface area contributed by atoms with E-state index in [1.54, 1.807) is 0 Å². The number of nitrogens with two attached hydrogens (primary N) is 1. The van der Waals surface area contributed by atoms with Crippen molar-refractivity contribution in [2.24, 2.45) is 17.6 Å². The summed E-state index contributed by atoms with van der Waals surface area (Å²) in [5, 5.41) is 19.5. The molecule has 0 bridgehead atoms. The molecule has 0 aliphatic heterocycles. The first kappa shape index (κ1) is 40.7. The van der Waals surface area contributed by atoms with Crippen LogP contribution in [0.1, 0.15) is 50.9 Å². The van der Waals surface area contributed by atoms with E-state index in [0.29, 0.717) is 25.3 Å². The van der Waals surface area contributed by atoms with Gasteiger partial charge in [-0.05, 0) is 93.5 Å². The predicted molar refractivity (Wildman–Crippen MR) is 192 cm³/mol. The summed E-state index contributed by atoms with van der Waals surface area (Å²) in [5.41, 5.74) is 8.87. The number of alkyl halides is 4. The van der Waals surface area contributed by atoms with Gasteiger partial charge >= 0.3 is 17.8 Å². The minimum Gasteiger partial charge on any atom is -0.490 e. The van der Waals surface area contributed by atoms with Gasteiger partial charge in [-0.15, -0.1) is 12.4 Å². The number of carboxylic acids is 1. The van der Waals surface area contributed by atoms with E-state index in [9.17, 15) is 31.9 Å². The van der Waals surface area contributed by atoms with Crippen LogP contribution in [-0.2, 0) is 26.7 Å². The molecule has 1 aliphatic rings. The quantitative estimate of drug-likeness (QED) is 0.0896. The van der Waals surface area contributed by atoms with Crippen LogP contribution in [0.2, 0.25) is 0 Å². The number of halogens is 5. The summed E-state index contributed by atoms with van der Waals surface area (Å²) in [6.07, 6.45) is 3.15. The molecule has 1 atom stereocenters. The molecule has 0 saturated heterocycles. The molecule has 53 heavy (non-hydrogen) atoms. The number of aliphatic carboxylic acids is 1. The number of nitrogens with zero attached hydrogens (tertiary/aromatic N) is 2. The van der Waals surface area contributed by atoms with Crippen molar-refractivity contribution >= 4 is 35.9 Å². The van der Waals surface area contributed by atoms with E-state index in [0.717, 1.165) is 35.3 Å². The van der Waals surface area contributed by atoms with E-state index in [2.05, 4.69) is 25.8 Å². The second-order valence-corrected chi connectivity index (χ2v) is 13.1. The van der Waals surface area contributed by atoms with Crippen LogP contribution in [0.4, 0.5) is 23.2 Å². The maximum Gasteiger partial charge on any atom is 0.411 e. The fourth-order valence-corrected chi connectivity index (χ4v) is 6.02. The molecule has 5 rings (SSSR count). The number of ether oxygens (including phenoxy) is 1. The lowest BCUT2D eigenvalue weighted by atomic mass is 9.81. The van der Waals surface area contributed by atoms with Crippen molar-refractivity contribution in [2.75, 3.05) is 11.9 Å². The number of rotatable bonds is 14. The monoisotopic (exact) mass is 760 g/mol. The molecule has 1 heterocycles. The third-order valence-electron chi connectivity index (χ3n) is 8.99. The molecule has 11 nitrogen and oxygen atoms in total. The van der Waals surface area contributed by atoms with Crippen molar-refractivity contribution in [3.8, 4) is 28.3 Å². The summed E-state index contributed by atoms with van der Waals surface area (Å²) in [5.74, 6) is -15.5. The van der Waals surface area contributed by atoms with E-state index in [4.69, 9.17) is 15.6 Å². The summed E-state index contributed by atoms with van der Waals surface area (Å²) in [6.45, 7) is 4.46. The van der Waals surface area contributed by atoms with Crippen LogP contribution in [0.5, 0.6) is 5.75 Å². The van der Waals surface area contributed by atoms with Crippen LogP contribution in [0.25, 0.3) is 22.5 Å². The summed E-state index contributed by atoms with van der Waals surface area (Å²) in [7, 11) is 0. The highest BCUT2D eigenvalue weighted by Crippen LogP contribution is 2.42. The summed E-state index contributed by atoms with van der Waals surface area (Å²) >= 11 is 0. The molecule has 1 aromatic heterocycles. The fraction of sp³-hybridized carbons (Fsp3) is 0.378. The van der Waals surface area contributed by atoms with Gasteiger partial charge in [-0.3, -0.25) is 14.7 Å². The largest absolute Gasteiger partial charge is 0.490 e. The van der Waals surface area contributed by atoms with Gasteiger partial charge in [0.15, 0.2) is 5.82 Å². The molecule has 16 heteroatoms. The van der Waals surface area contributed by atoms with Gasteiger partial charge in [0.2, 0.25) is 17.6 Å². The topological polar surface area (TPSA) is 172 Å². The van der Waals surface area contributed by atoms with Gasteiger partial charge in [-0.2, -0.15) is 22.7 Å². The molecule has 4 aromatic rings. The Morgan fingerprint density at radius 1 is 0.943 bits per heavy atom. The lowest BCUT2D eigenvalue weighted by Gasteiger charge is -2.28. The zero-order valence-electron chi connectivity index (χ0n) is 29.0. The van der Waals surface area contributed by atoms with Crippen molar-refractivity contribution in [2.45, 2.75) is 69.9 Å². The number of hydrogen-bond acceptors (Lipinski definition) is 7. The van der Waals surface area contributed by atoms with Gasteiger partial charge < -0.3 is 26.2 Å². The van der Waals surface area contributed by atoms with Gasteiger partial charge in [-0.1, -0.05) is 42.5 Å². The van der Waals surface area contributed by atoms with Gasteiger partial charge in [0.05, 0.1) is 6.10 Å². The Labute approximate surface area is 309 Å². The average molecular weight is 761 g/mol. The Morgan fingerprint density at radius 3 is 2.17 bits per heavy atom. The molecule has 2 amide bonds. The van der Waals surface area contributed by atoms with Crippen LogP contribution in [0.15, 0.2) is 72.8 Å². The highest BCUT2D eigenvalue weighted by atomic mass is 35.5. The fourth-order valence-electron chi connectivity index (χ4n) is 6.02. The number of carbonyl (C=O) groups excluding carboxylic acids is 2. The first-order valence-corrected chi connectivity index (χ1v) is 16.9. The van der Waals surface area contributed by atoms with Gasteiger partial charge in [0, 0.05) is 29.2 Å². The SMILES string of the molecule is CC(C)Oc1ccccc1-c1ccc(C[C@H](NC(=O)[C@H]2CC[C@H](CN)CC2)C(=O)Nc2ccc(-c3nc(C(F)(F)C(F)(F)C(=O)O)n[nH]3)cc2)cc1.Cl. The second kappa shape index (κ2) is 17.2. The third-order valence-corrected chi connectivity index (χ3v) is 8.99. The number of aromatic nitrogens is 3. The van der Waals surface area contributed by atoms with Gasteiger partial charge in [0.25, 0.3) is 0 Å². The van der Waals surface area contributed by atoms with Crippen molar-refractivity contribution in [3.63, 3.8) is 0 Å². The molecule has 0 unspecified atom stereocenters. The maximum absolute atomic E-state index is 14.2. The standard InChI is InChI=1S/C37H40F4N6O5.ClH/c1-21(2)52-30-6-4-3-5-28(30)24-11-7-22(8-12-24)19-29(44-32(48)26-13-9-23(20-42)10-14-26)33(49)43-27-17-15-25(16-18-27)31-45-34(47-46-31)36(38,39)37(40,41)35(50)51;/h3-8,11-12,15-18,21,23,26,29H,9-10,13-14,19-20,42H2,1-2H3,(H,43,49)(H,44,48)(H,50,51)(H,45,46,47);1H/t23-,26-,29-;/m0./s1. The van der Waals surface area contributed by atoms with Crippen LogP contribution in [-0.4, -0.2) is 62.7 Å². The van der Waals surface area contributed by atoms with Crippen LogP contribution < -0.4 is 21.1 Å². The molecule has 1 saturated carbocycles. The molecule has 6 N–H and O–H groups in total. The van der Waals surface area contributed by atoms with Crippen molar-refractivity contribution in [1.82, 2.24) is 20.5 Å². The number of aromatic amines is 1. The Kier molecular flexibility index (Phi) is 13.2. The zero-order chi connectivity index (χ0) is 37.6. The Morgan fingerprint density at radius 2 is 1.57 bits per heavy atom. The number of hydrogen-bond donors (Lipinski definition) is 5. The second-order valence-electron chi connectivity index (χ2n) is 13.1. The van der Waals surface area contributed by atoms with E-state index in [1.807, 2.05) is 62.4 Å². The Bertz CT molecular complexity index is 1870. The molecule has 0 radical (unpaired) electrons. The normalized spacial score (nSPS) is 16.7. The molecule has 1 fully saturated rings. The number of nitrogens with one attached hydrogen (secondary N) is 3. The van der Waals surface area contributed by atoms with Crippen molar-refractivity contribution < 1.29 is 41.8 Å². The highest BCUT2D eigenvalue weighted by Gasteiger charge is 2.66. The summed E-state index contributed by atoms with van der Waals surface area (Å²) in [6, 6.07) is 19.9. The lowest BCUT2D eigenvalue weighted by molar-refractivity contribution is -0.231. The zero-order valence-corrected chi connectivity index (χ0v) is 29.8. The molecular weight excluding hydrogens is 720 g/mol.